The molecule has 8 nitrogen and oxygen atoms in total. The van der Waals surface area contributed by atoms with Crippen LogP contribution in [0.3, 0.4) is 0 Å². The molecule has 77 heavy (non-hydrogen) atoms. The first-order valence-corrected chi connectivity index (χ1v) is 34.0. The van der Waals surface area contributed by atoms with E-state index in [0.29, 0.717) is 25.7 Å². The molecule has 0 aromatic heterocycles. The average molecular weight is 1140 g/mol. The Morgan fingerprint density at radius 2 is 0.403 bits per heavy atom. The van der Waals surface area contributed by atoms with Crippen molar-refractivity contribution >= 4 is 23.9 Å². The van der Waals surface area contributed by atoms with E-state index in [4.69, 9.17) is 9.47 Å². The number of ether oxygens (including phenoxy) is 2. The molecule has 452 valence electrons. The molecule has 0 aromatic rings. The van der Waals surface area contributed by atoms with E-state index in [0.717, 1.165) is 89.9 Å². The maximum Gasteiger partial charge on any atom is 2.00 e. The third-order valence-electron chi connectivity index (χ3n) is 15.6. The van der Waals surface area contributed by atoms with Crippen LogP contribution in [-0.4, -0.2) is 36.1 Å². The molecule has 0 spiro atoms. The van der Waals surface area contributed by atoms with E-state index in [-0.39, 0.29) is 56.5 Å². The van der Waals surface area contributed by atoms with Gasteiger partial charge in [-0.25, -0.2) is 0 Å². The summed E-state index contributed by atoms with van der Waals surface area (Å²) in [7, 11) is 0. The van der Waals surface area contributed by atoms with Crippen LogP contribution in [0.1, 0.15) is 400 Å². The van der Waals surface area contributed by atoms with Crippen molar-refractivity contribution in [2.24, 2.45) is 0 Å². The molecule has 2 atom stereocenters. The van der Waals surface area contributed by atoms with Crippen molar-refractivity contribution in [3.63, 3.8) is 0 Å². The third-order valence-corrected chi connectivity index (χ3v) is 15.6. The molecular formula is C68H130O8Zn. The van der Waals surface area contributed by atoms with Gasteiger partial charge in [-0.1, -0.05) is 297 Å². The number of unbranched alkanes of at least 4 members (excludes halogenated alkanes) is 44. The molecule has 9 heteroatoms. The van der Waals surface area contributed by atoms with Crippen LogP contribution in [-0.2, 0) is 48.1 Å². The number of carboxylic acids is 2. The molecule has 0 heterocycles. The Morgan fingerprint density at radius 1 is 0.247 bits per heavy atom. The normalized spacial score (nSPS) is 11.9. The fraction of sp³-hybridized carbons (Fsp3) is 0.941. The van der Waals surface area contributed by atoms with Crippen LogP contribution in [0.5, 0.6) is 0 Å². The van der Waals surface area contributed by atoms with Crippen molar-refractivity contribution in [2.45, 2.75) is 412 Å². The summed E-state index contributed by atoms with van der Waals surface area (Å²) in [4.78, 5) is 46.2. The second-order valence-corrected chi connectivity index (χ2v) is 23.4. The molecule has 0 rings (SSSR count). The number of hydrogen-bond donors (Lipinski definition) is 0. The largest absolute Gasteiger partial charge is 2.00 e. The van der Waals surface area contributed by atoms with Gasteiger partial charge in [-0.3, -0.25) is 9.59 Å². The van der Waals surface area contributed by atoms with Gasteiger partial charge in [-0.15, -0.1) is 0 Å². The maximum absolute atomic E-state index is 12.5. The quantitative estimate of drug-likeness (QED) is 0.0334. The molecule has 0 N–H and O–H groups in total. The van der Waals surface area contributed by atoms with Crippen LogP contribution < -0.4 is 10.2 Å². The van der Waals surface area contributed by atoms with Crippen molar-refractivity contribution in [1.82, 2.24) is 0 Å². The Hall–Kier alpha value is -1.50. The molecular weight excluding hydrogens is 1010 g/mol. The summed E-state index contributed by atoms with van der Waals surface area (Å²) in [6, 6.07) is 0. The zero-order valence-electron chi connectivity index (χ0n) is 52.1. The van der Waals surface area contributed by atoms with Crippen LogP contribution in [0.4, 0.5) is 0 Å². The number of carbonyl (C=O) groups is 4. The molecule has 0 radical (unpaired) electrons. The first-order valence-electron chi connectivity index (χ1n) is 34.0. The summed E-state index contributed by atoms with van der Waals surface area (Å²) >= 11 is 0. The van der Waals surface area contributed by atoms with Gasteiger partial charge in [0.15, 0.2) is 0 Å². The average Bonchev–Trinajstić information content (AvgIpc) is 3.39. The van der Waals surface area contributed by atoms with E-state index in [1.807, 2.05) is 0 Å². The van der Waals surface area contributed by atoms with Gasteiger partial charge in [0.05, 0.1) is 0 Å². The van der Waals surface area contributed by atoms with Gasteiger partial charge in [0.25, 0.3) is 0 Å². The van der Waals surface area contributed by atoms with Gasteiger partial charge < -0.3 is 29.3 Å². The summed E-state index contributed by atoms with van der Waals surface area (Å²) in [5.41, 5.74) is 0. The van der Waals surface area contributed by atoms with Crippen molar-refractivity contribution < 1.29 is 58.3 Å². The van der Waals surface area contributed by atoms with Gasteiger partial charge in [0.1, 0.15) is 12.2 Å². The van der Waals surface area contributed by atoms with E-state index in [9.17, 15) is 29.4 Å². The van der Waals surface area contributed by atoms with Crippen molar-refractivity contribution in [2.75, 3.05) is 0 Å². The zero-order chi connectivity index (χ0) is 55.9. The number of aliphatic carboxylic acids is 2. The predicted octanol–water partition coefficient (Wildman–Crippen LogP) is 20.0. The number of carbonyl (C=O) groups excluding carboxylic acids is 4. The minimum Gasteiger partial charge on any atom is -0.550 e. The summed E-state index contributed by atoms with van der Waals surface area (Å²) in [6.07, 6.45) is 67.0. The molecule has 0 aliphatic heterocycles. The minimum absolute atomic E-state index is 0. The third kappa shape index (κ3) is 70.6. The molecule has 0 aromatic carbocycles. The second kappa shape index (κ2) is 68.8. The van der Waals surface area contributed by atoms with Crippen molar-refractivity contribution in [3.05, 3.63) is 0 Å². The molecule has 0 aliphatic rings. The molecule has 0 saturated carbocycles. The van der Waals surface area contributed by atoms with Gasteiger partial charge in [0, 0.05) is 24.8 Å². The molecule has 0 bridgehead atoms. The standard InChI is InChI=1S/2C34H66O4.Zn/c2*1-3-5-7-9-11-13-14-15-16-18-20-22-27-31-34(37)38-32(29-25-23-26-30-33(35)36)28-24-21-19-17-12-10-8-6-4-2;/h2*32H,3-31H2,1-2H3,(H,35,36);/q;;+2/p-2. The predicted molar refractivity (Wildman–Crippen MR) is 320 cm³/mol. The molecule has 0 saturated heterocycles. The van der Waals surface area contributed by atoms with E-state index in [1.54, 1.807) is 0 Å². The Morgan fingerprint density at radius 3 is 0.597 bits per heavy atom. The molecule has 0 aliphatic carbocycles. The summed E-state index contributed by atoms with van der Waals surface area (Å²) in [6.45, 7) is 9.05. The number of rotatable bonds is 62. The number of esters is 2. The SMILES string of the molecule is CCCCCCCCCCCCCCCC(=O)OC(CCCCCCCCCCC)CCCCCC(=O)[O-].CCCCCCCCCCCCCCCC(=O)OC(CCCCCCCCCCC)CCCCCC(=O)[O-].[Zn+2]. The Kier molecular flexibility index (Phi) is 71.2. The smallest absolute Gasteiger partial charge is 0.550 e. The summed E-state index contributed by atoms with van der Waals surface area (Å²) in [5, 5.41) is 21.3. The molecule has 0 fully saturated rings. The van der Waals surface area contributed by atoms with E-state index >= 15 is 0 Å². The van der Waals surface area contributed by atoms with Crippen LogP contribution in [0.15, 0.2) is 0 Å². The Balaban J connectivity index is -0.00000140. The first kappa shape index (κ1) is 79.7. The van der Waals surface area contributed by atoms with E-state index in [2.05, 4.69) is 27.7 Å². The Bertz CT molecular complexity index is 1110. The van der Waals surface area contributed by atoms with Crippen LogP contribution >= 0.6 is 0 Å². The first-order chi connectivity index (χ1) is 37.2. The molecule has 2 unspecified atom stereocenters. The van der Waals surface area contributed by atoms with Crippen LogP contribution in [0.25, 0.3) is 0 Å². The van der Waals surface area contributed by atoms with Gasteiger partial charge in [0.2, 0.25) is 0 Å². The van der Waals surface area contributed by atoms with Gasteiger partial charge in [-0.05, 0) is 89.9 Å². The number of carboxylic acid groups (broad SMARTS) is 2. The monoisotopic (exact) mass is 1140 g/mol. The van der Waals surface area contributed by atoms with Crippen molar-refractivity contribution in [3.8, 4) is 0 Å². The van der Waals surface area contributed by atoms with Gasteiger partial charge >= 0.3 is 31.4 Å². The van der Waals surface area contributed by atoms with E-state index < -0.39 is 11.9 Å². The fourth-order valence-electron chi connectivity index (χ4n) is 10.6. The van der Waals surface area contributed by atoms with Crippen molar-refractivity contribution in [1.29, 1.82) is 0 Å². The minimum atomic E-state index is -0.972. The Labute approximate surface area is 492 Å². The van der Waals surface area contributed by atoms with E-state index in [1.165, 1.54) is 244 Å². The number of hydrogen-bond acceptors (Lipinski definition) is 8. The fourth-order valence-corrected chi connectivity index (χ4v) is 10.6. The van der Waals surface area contributed by atoms with Gasteiger partial charge in [-0.2, -0.15) is 0 Å². The topological polar surface area (TPSA) is 133 Å². The summed E-state index contributed by atoms with van der Waals surface area (Å²) < 4.78 is 11.8. The van der Waals surface area contributed by atoms with Crippen LogP contribution in [0.2, 0.25) is 0 Å². The molecule has 0 amide bonds. The maximum atomic E-state index is 12.5. The van der Waals surface area contributed by atoms with Crippen LogP contribution in [0, 0.1) is 0 Å². The summed E-state index contributed by atoms with van der Waals surface area (Å²) in [5.74, 6) is -2.02. The zero-order valence-corrected chi connectivity index (χ0v) is 55.1. The second-order valence-electron chi connectivity index (χ2n) is 23.4.